The molecule has 0 aliphatic heterocycles. The zero-order chi connectivity index (χ0) is 17.0. The summed E-state index contributed by atoms with van der Waals surface area (Å²) in [5, 5.41) is 11.7. The second-order valence-corrected chi connectivity index (χ2v) is 7.41. The summed E-state index contributed by atoms with van der Waals surface area (Å²) in [6, 6.07) is 12.7. The van der Waals surface area contributed by atoms with Gasteiger partial charge in [0.2, 0.25) is 0 Å². The summed E-state index contributed by atoms with van der Waals surface area (Å²) in [6.45, 7) is 8.30. The molecule has 2 heterocycles. The molecule has 3 heteroatoms. The predicted molar refractivity (Wildman–Crippen MR) is 101 cm³/mol. The maximum atomic E-state index is 9.37. The van der Waals surface area contributed by atoms with Gasteiger partial charge in [-0.3, -0.25) is 0 Å². The summed E-state index contributed by atoms with van der Waals surface area (Å²) in [6.07, 6.45) is 0. The zero-order valence-corrected chi connectivity index (χ0v) is 15.0. The van der Waals surface area contributed by atoms with E-state index in [1.165, 1.54) is 21.2 Å². The second kappa shape index (κ2) is 5.22. The van der Waals surface area contributed by atoms with E-state index in [9.17, 15) is 5.26 Å². The summed E-state index contributed by atoms with van der Waals surface area (Å²) < 4.78 is 7.37. The van der Waals surface area contributed by atoms with Crippen molar-refractivity contribution in [2.24, 2.45) is 0 Å². The number of rotatable bonds is 1. The molecule has 24 heavy (non-hydrogen) atoms. The van der Waals surface area contributed by atoms with Gasteiger partial charge in [0.25, 0.3) is 0 Å². The summed E-state index contributed by atoms with van der Waals surface area (Å²) in [4.78, 5) is 1.15. The van der Waals surface area contributed by atoms with Gasteiger partial charge in [-0.05, 0) is 68.1 Å². The number of nitrogens with zero attached hydrogens (tertiary/aromatic N) is 1. The highest BCUT2D eigenvalue weighted by Gasteiger charge is 2.18. The first kappa shape index (κ1) is 15.0. The minimum absolute atomic E-state index is 0.757. The van der Waals surface area contributed by atoms with Gasteiger partial charge < -0.3 is 4.42 Å². The van der Waals surface area contributed by atoms with Gasteiger partial charge in [-0.1, -0.05) is 12.1 Å². The summed E-state index contributed by atoms with van der Waals surface area (Å²) in [5.41, 5.74) is 6.29. The Morgan fingerprint density at radius 1 is 1.00 bits per heavy atom. The van der Waals surface area contributed by atoms with Crippen molar-refractivity contribution >= 4 is 32.4 Å². The lowest BCUT2D eigenvalue weighted by Crippen LogP contribution is -1.87. The summed E-state index contributed by atoms with van der Waals surface area (Å²) in [7, 11) is 0. The molecule has 4 rings (SSSR count). The van der Waals surface area contributed by atoms with Crippen LogP contribution < -0.4 is 0 Å². The van der Waals surface area contributed by atoms with Crippen molar-refractivity contribution in [3.63, 3.8) is 0 Å². The molecule has 0 amide bonds. The van der Waals surface area contributed by atoms with Crippen LogP contribution in [-0.4, -0.2) is 0 Å². The predicted octanol–water partition coefficient (Wildman–Crippen LogP) is 6.42. The smallest absolute Gasteiger partial charge is 0.145 e. The lowest BCUT2D eigenvalue weighted by Gasteiger charge is -2.04. The first-order valence-electron chi connectivity index (χ1n) is 7.93. The van der Waals surface area contributed by atoms with Crippen LogP contribution in [0.3, 0.4) is 0 Å². The van der Waals surface area contributed by atoms with Crippen LogP contribution in [0.5, 0.6) is 0 Å². The molecule has 4 aromatic rings. The van der Waals surface area contributed by atoms with Crippen LogP contribution in [0.1, 0.15) is 27.8 Å². The average Bonchev–Trinajstić information content (AvgIpc) is 3.11. The number of thiophene rings is 1. The van der Waals surface area contributed by atoms with Gasteiger partial charge in [-0.15, -0.1) is 11.3 Å². The van der Waals surface area contributed by atoms with Gasteiger partial charge in [0.15, 0.2) is 0 Å². The molecule has 0 aliphatic rings. The molecule has 2 aromatic heterocycles. The molecule has 0 spiro atoms. The van der Waals surface area contributed by atoms with Crippen molar-refractivity contribution in [2.75, 3.05) is 0 Å². The Bertz CT molecular complexity index is 1150. The fourth-order valence-corrected chi connectivity index (χ4v) is 4.66. The van der Waals surface area contributed by atoms with E-state index in [1.807, 2.05) is 13.0 Å². The number of hydrogen-bond donors (Lipinski definition) is 0. The van der Waals surface area contributed by atoms with Gasteiger partial charge >= 0.3 is 0 Å². The van der Waals surface area contributed by atoms with Crippen molar-refractivity contribution in [3.05, 3.63) is 58.1 Å². The zero-order valence-electron chi connectivity index (χ0n) is 14.2. The fraction of sp³-hybridized carbons (Fsp3) is 0.190. The van der Waals surface area contributed by atoms with E-state index < -0.39 is 0 Å². The van der Waals surface area contributed by atoms with E-state index in [4.69, 9.17) is 4.42 Å². The van der Waals surface area contributed by atoms with Crippen molar-refractivity contribution < 1.29 is 4.42 Å². The molecule has 0 aliphatic carbocycles. The van der Waals surface area contributed by atoms with Gasteiger partial charge in [0.05, 0.1) is 16.5 Å². The first-order chi connectivity index (χ1) is 11.5. The molecule has 0 unspecified atom stereocenters. The van der Waals surface area contributed by atoms with Gasteiger partial charge in [-0.2, -0.15) is 5.26 Å². The standard InChI is InChI=1S/C21H17NOS/c1-11-5-6-15-9-18(23-17(15)7-11)21-14(4)19-13(3)16(10-22)8-12(2)20(19)24-21/h5-9H,1-4H3. The van der Waals surface area contributed by atoms with E-state index >= 15 is 0 Å². The SMILES string of the molecule is Cc1ccc2cc(-c3sc4c(C)cc(C#N)c(C)c4c3C)oc2c1. The quantitative estimate of drug-likeness (QED) is 0.403. The van der Waals surface area contributed by atoms with Crippen LogP contribution in [0.15, 0.2) is 34.7 Å². The molecule has 2 nitrogen and oxygen atoms in total. The fourth-order valence-electron chi connectivity index (χ4n) is 3.37. The third kappa shape index (κ3) is 2.07. The molecule has 2 aromatic carbocycles. The third-order valence-corrected chi connectivity index (χ3v) is 6.11. The highest BCUT2D eigenvalue weighted by Crippen LogP contribution is 2.43. The Morgan fingerprint density at radius 3 is 2.54 bits per heavy atom. The number of hydrogen-bond acceptors (Lipinski definition) is 3. The minimum atomic E-state index is 0.757. The van der Waals surface area contributed by atoms with Gasteiger partial charge in [-0.25, -0.2) is 0 Å². The van der Waals surface area contributed by atoms with Crippen LogP contribution in [0, 0.1) is 39.0 Å². The Morgan fingerprint density at radius 2 is 1.79 bits per heavy atom. The third-order valence-electron chi connectivity index (χ3n) is 4.66. The number of fused-ring (bicyclic) bond motifs is 2. The normalized spacial score (nSPS) is 11.3. The number of nitriles is 1. The molecule has 0 N–H and O–H groups in total. The molecule has 118 valence electrons. The van der Waals surface area contributed by atoms with Crippen LogP contribution in [0.4, 0.5) is 0 Å². The van der Waals surface area contributed by atoms with Crippen LogP contribution in [-0.2, 0) is 0 Å². The van der Waals surface area contributed by atoms with Gasteiger partial charge in [0, 0.05) is 15.5 Å². The molecule has 0 bridgehead atoms. The highest BCUT2D eigenvalue weighted by molar-refractivity contribution is 7.22. The number of furan rings is 1. The van der Waals surface area contributed by atoms with E-state index in [0.717, 1.165) is 38.3 Å². The van der Waals surface area contributed by atoms with Crippen LogP contribution in [0.2, 0.25) is 0 Å². The molecular weight excluding hydrogens is 314 g/mol. The maximum absolute atomic E-state index is 9.37. The van der Waals surface area contributed by atoms with Crippen molar-refractivity contribution in [2.45, 2.75) is 27.7 Å². The molecule has 0 saturated heterocycles. The van der Waals surface area contributed by atoms with E-state index in [0.29, 0.717) is 0 Å². The molecule has 0 radical (unpaired) electrons. The molecular formula is C21H17NOS. The number of aryl methyl sites for hydroxylation is 4. The Labute approximate surface area is 145 Å². The first-order valence-corrected chi connectivity index (χ1v) is 8.75. The van der Waals surface area contributed by atoms with E-state index in [2.05, 4.69) is 51.1 Å². The van der Waals surface area contributed by atoms with Crippen LogP contribution >= 0.6 is 11.3 Å². The van der Waals surface area contributed by atoms with Crippen molar-refractivity contribution in [1.29, 1.82) is 5.26 Å². The minimum Gasteiger partial charge on any atom is -0.455 e. The van der Waals surface area contributed by atoms with Crippen molar-refractivity contribution in [1.82, 2.24) is 0 Å². The average molecular weight is 331 g/mol. The number of benzene rings is 2. The molecule has 0 atom stereocenters. The summed E-state index contributed by atoms with van der Waals surface area (Å²) >= 11 is 1.75. The Kier molecular flexibility index (Phi) is 3.26. The van der Waals surface area contributed by atoms with Gasteiger partial charge in [0.1, 0.15) is 11.3 Å². The monoisotopic (exact) mass is 331 g/mol. The molecule has 0 saturated carbocycles. The largest absolute Gasteiger partial charge is 0.455 e. The Balaban J connectivity index is 2.03. The summed E-state index contributed by atoms with van der Waals surface area (Å²) in [5.74, 6) is 0.909. The highest BCUT2D eigenvalue weighted by atomic mass is 32.1. The maximum Gasteiger partial charge on any atom is 0.145 e. The van der Waals surface area contributed by atoms with Crippen molar-refractivity contribution in [3.8, 4) is 16.7 Å². The van der Waals surface area contributed by atoms with E-state index in [1.54, 1.807) is 11.3 Å². The lowest BCUT2D eigenvalue weighted by molar-refractivity contribution is 0.632. The lowest BCUT2D eigenvalue weighted by atomic mass is 9.99. The van der Waals surface area contributed by atoms with E-state index in [-0.39, 0.29) is 0 Å². The topological polar surface area (TPSA) is 36.9 Å². The molecule has 0 fully saturated rings. The second-order valence-electron chi connectivity index (χ2n) is 6.39. The van der Waals surface area contributed by atoms with Crippen LogP contribution in [0.25, 0.3) is 31.7 Å². The Hall–Kier alpha value is -2.57.